The molecule has 0 aromatic heterocycles. The Balaban J connectivity index is 1.87. The van der Waals surface area contributed by atoms with Crippen molar-refractivity contribution in [3.8, 4) is 0 Å². The van der Waals surface area contributed by atoms with Crippen molar-refractivity contribution in [2.75, 3.05) is 17.3 Å². The summed E-state index contributed by atoms with van der Waals surface area (Å²) in [5.74, 6) is 11.8. The maximum atomic E-state index is 2.51. The molecule has 0 aromatic carbocycles. The van der Waals surface area contributed by atoms with Gasteiger partial charge in [0, 0.05) is 0 Å². The molecule has 0 amide bonds. The number of thioether (sulfide) groups is 2. The summed E-state index contributed by atoms with van der Waals surface area (Å²) < 4.78 is 0. The molecule has 1 fully saturated rings. The fourth-order valence-electron chi connectivity index (χ4n) is 0.757. The summed E-state index contributed by atoms with van der Waals surface area (Å²) in [4.78, 5) is 0. The first-order valence-electron chi connectivity index (χ1n) is 4.27. The molecule has 66 valence electrons. The van der Waals surface area contributed by atoms with Crippen LogP contribution in [0, 0.1) is 0 Å². The molecule has 1 atom stereocenters. The second kappa shape index (κ2) is 4.47. The molecule has 1 aliphatic heterocycles. The van der Waals surface area contributed by atoms with Crippen LogP contribution in [0.15, 0.2) is 0 Å². The molecule has 0 radical (unpaired) electrons. The third kappa shape index (κ3) is 6.41. The van der Waals surface area contributed by atoms with E-state index in [0.29, 0.717) is 0 Å². The predicted molar refractivity (Wildman–Crippen MR) is 61.7 cm³/mol. The molecule has 0 nitrogen and oxygen atoms in total. The molecule has 0 bridgehead atoms. The fourth-order valence-corrected chi connectivity index (χ4v) is 7.90. The van der Waals surface area contributed by atoms with E-state index >= 15 is 0 Å². The molecule has 0 aliphatic carbocycles. The van der Waals surface area contributed by atoms with Gasteiger partial charge < -0.3 is 0 Å². The summed E-state index contributed by atoms with van der Waals surface area (Å²) in [5, 5.41) is 2.58. The van der Waals surface area contributed by atoms with E-state index in [2.05, 4.69) is 40.8 Å². The van der Waals surface area contributed by atoms with E-state index in [1.807, 2.05) is 0 Å². The summed E-state index contributed by atoms with van der Waals surface area (Å²) in [7, 11) is 0. The second-order valence-electron chi connectivity index (χ2n) is 4.34. The van der Waals surface area contributed by atoms with Crippen LogP contribution >= 0.6 is 23.5 Å². The molecule has 11 heavy (non-hydrogen) atoms. The minimum absolute atomic E-state index is 1.03. The van der Waals surface area contributed by atoms with Gasteiger partial charge in [-0.15, -0.1) is 0 Å². The molecule has 0 aromatic rings. The van der Waals surface area contributed by atoms with Gasteiger partial charge in [-0.3, -0.25) is 0 Å². The Hall–Kier alpha value is 1.24. The Labute approximate surface area is 81.6 Å². The molecule has 1 rings (SSSR count). The Bertz CT molecular complexity index is 116. The van der Waals surface area contributed by atoms with Crippen molar-refractivity contribution >= 4 is 36.8 Å². The van der Waals surface area contributed by atoms with Crippen molar-refractivity contribution in [1.82, 2.24) is 0 Å². The third-order valence-electron chi connectivity index (χ3n) is 1.70. The average molecular weight is 251 g/mol. The fraction of sp³-hybridized carbons (Fsp3) is 1.00. The molecule has 1 heterocycles. The summed E-state index contributed by atoms with van der Waals surface area (Å²) in [6.45, 7) is 0. The van der Waals surface area contributed by atoms with Gasteiger partial charge in [0.05, 0.1) is 0 Å². The first-order chi connectivity index (χ1) is 5.08. The van der Waals surface area contributed by atoms with Gasteiger partial charge >= 0.3 is 81.8 Å². The van der Waals surface area contributed by atoms with Crippen molar-refractivity contribution in [3.05, 3.63) is 0 Å². The van der Waals surface area contributed by atoms with E-state index in [1.54, 1.807) is 5.25 Å². The zero-order valence-corrected chi connectivity index (χ0v) is 11.5. The van der Waals surface area contributed by atoms with Crippen LogP contribution in [0.5, 0.6) is 0 Å². The van der Waals surface area contributed by atoms with E-state index in [-0.39, 0.29) is 0 Å². The zero-order valence-electron chi connectivity index (χ0n) is 7.72. The second-order valence-corrected chi connectivity index (χ2v) is 18.6. The Kier molecular flexibility index (Phi) is 4.20. The first-order valence-corrected chi connectivity index (χ1v) is 14.3. The molecule has 0 saturated carbocycles. The molecule has 0 spiro atoms. The van der Waals surface area contributed by atoms with Crippen LogP contribution in [0.2, 0.25) is 22.5 Å². The van der Waals surface area contributed by atoms with Crippen LogP contribution in [-0.2, 0) is 0 Å². The predicted octanol–water partition coefficient (Wildman–Crippen LogP) is 3.17. The quantitative estimate of drug-likeness (QED) is 0.418. The van der Waals surface area contributed by atoms with E-state index < -0.39 is 13.3 Å². The van der Waals surface area contributed by atoms with Crippen LogP contribution in [0.3, 0.4) is 0 Å². The zero-order chi connectivity index (χ0) is 8.32. The van der Waals surface area contributed by atoms with E-state index in [4.69, 9.17) is 0 Å². The molecule has 1 saturated heterocycles. The van der Waals surface area contributed by atoms with Crippen LogP contribution in [0.4, 0.5) is 0 Å². The molecule has 1 aliphatic rings. The topological polar surface area (TPSA) is 0 Å². The number of hydrogen-bond donors (Lipinski definition) is 0. The summed E-state index contributed by atoms with van der Waals surface area (Å²) in [5.41, 5.74) is 0. The van der Waals surface area contributed by atoms with Gasteiger partial charge in [0.1, 0.15) is 0 Å². The Morgan fingerprint density at radius 1 is 1.45 bits per heavy atom. The molecular formula is C8H18GeS2. The third-order valence-corrected chi connectivity index (χ3v) is 8.45. The average Bonchev–Trinajstić information content (AvgIpc) is 2.60. The van der Waals surface area contributed by atoms with Crippen LogP contribution in [0.1, 0.15) is 0 Å². The van der Waals surface area contributed by atoms with Crippen molar-refractivity contribution in [2.45, 2.75) is 27.8 Å². The summed E-state index contributed by atoms with van der Waals surface area (Å²) in [6.07, 6.45) is 0. The van der Waals surface area contributed by atoms with Crippen LogP contribution < -0.4 is 0 Å². The van der Waals surface area contributed by atoms with Crippen LogP contribution in [-0.4, -0.2) is 35.8 Å². The van der Waals surface area contributed by atoms with Gasteiger partial charge in [-0.2, -0.15) is 0 Å². The van der Waals surface area contributed by atoms with Crippen molar-refractivity contribution < 1.29 is 0 Å². The minimum atomic E-state index is -1.18. The SMILES string of the molecule is [CH3][Ge]([CH3])([CH3])[CH2]CSCC1CS1. The van der Waals surface area contributed by atoms with Gasteiger partial charge in [-0.1, -0.05) is 0 Å². The summed E-state index contributed by atoms with van der Waals surface area (Å²) >= 11 is 3.12. The monoisotopic (exact) mass is 252 g/mol. The summed E-state index contributed by atoms with van der Waals surface area (Å²) in [6, 6.07) is 0. The number of rotatable bonds is 5. The van der Waals surface area contributed by atoms with Gasteiger partial charge in [0.15, 0.2) is 0 Å². The molecular weight excluding hydrogens is 233 g/mol. The Morgan fingerprint density at radius 2 is 2.09 bits per heavy atom. The number of hydrogen-bond acceptors (Lipinski definition) is 2. The van der Waals surface area contributed by atoms with E-state index in [0.717, 1.165) is 5.25 Å². The van der Waals surface area contributed by atoms with Crippen LogP contribution in [0.25, 0.3) is 0 Å². The normalized spacial score (nSPS) is 23.7. The molecule has 3 heteroatoms. The molecule has 0 N–H and O–H groups in total. The molecule has 1 unspecified atom stereocenters. The van der Waals surface area contributed by atoms with E-state index in [9.17, 15) is 0 Å². The van der Waals surface area contributed by atoms with Crippen molar-refractivity contribution in [2.24, 2.45) is 0 Å². The standard InChI is InChI=1S/C8H18GeS2/c1-9(2,3)4-5-10-6-8-7-11-8/h8H,4-7H2,1-3H3. The van der Waals surface area contributed by atoms with Gasteiger partial charge in [0.2, 0.25) is 0 Å². The van der Waals surface area contributed by atoms with Gasteiger partial charge in [-0.05, 0) is 0 Å². The van der Waals surface area contributed by atoms with Crippen molar-refractivity contribution in [3.63, 3.8) is 0 Å². The maximum absolute atomic E-state index is 2.51. The first kappa shape index (κ1) is 10.3. The Morgan fingerprint density at radius 3 is 2.55 bits per heavy atom. The van der Waals surface area contributed by atoms with Gasteiger partial charge in [-0.25, -0.2) is 0 Å². The van der Waals surface area contributed by atoms with Crippen molar-refractivity contribution in [1.29, 1.82) is 0 Å². The van der Waals surface area contributed by atoms with E-state index in [1.165, 1.54) is 17.3 Å². The van der Waals surface area contributed by atoms with Gasteiger partial charge in [0.25, 0.3) is 0 Å².